The fraction of sp³-hybridized carbons (Fsp3) is 0.625. The van der Waals surface area contributed by atoms with Gasteiger partial charge in [0.1, 0.15) is 11.3 Å². The van der Waals surface area contributed by atoms with Crippen LogP contribution in [0.25, 0.3) is 11.2 Å². The molecule has 2 aromatic heterocycles. The molecule has 0 aliphatic carbocycles. The first-order chi connectivity index (χ1) is 10.4. The molecule has 2 atom stereocenters. The Bertz CT molecular complexity index is 613. The molecule has 0 saturated carbocycles. The summed E-state index contributed by atoms with van der Waals surface area (Å²) in [6.07, 6.45) is 7.65. The monoisotopic (exact) mass is 287 g/mol. The van der Waals surface area contributed by atoms with E-state index in [4.69, 9.17) is 14.5 Å². The van der Waals surface area contributed by atoms with E-state index in [9.17, 15) is 0 Å². The van der Waals surface area contributed by atoms with Gasteiger partial charge in [0, 0.05) is 25.8 Å². The molecule has 0 aromatic carbocycles. The van der Waals surface area contributed by atoms with E-state index in [1.807, 2.05) is 18.3 Å². The standard InChI is InChI=1S/C16H21N3O2/c1-2-8-21-13(4-1)10-15-18-14-5-3-7-17-16(14)19(15)12-6-9-20-11-12/h3,5,7,12-13H,1-2,4,6,8-11H2. The maximum absolute atomic E-state index is 5.89. The van der Waals surface area contributed by atoms with Crippen LogP contribution in [0, 0.1) is 0 Å². The minimum atomic E-state index is 0.302. The topological polar surface area (TPSA) is 49.2 Å². The Morgan fingerprint density at radius 1 is 1.24 bits per heavy atom. The van der Waals surface area contributed by atoms with E-state index in [0.717, 1.165) is 56.1 Å². The maximum Gasteiger partial charge on any atom is 0.160 e. The molecule has 0 radical (unpaired) electrons. The number of hydrogen-bond acceptors (Lipinski definition) is 4. The third-order valence-corrected chi connectivity index (χ3v) is 4.48. The highest BCUT2D eigenvalue weighted by atomic mass is 16.5. The summed E-state index contributed by atoms with van der Waals surface area (Å²) in [5, 5.41) is 0. The van der Waals surface area contributed by atoms with Gasteiger partial charge in [0.15, 0.2) is 5.65 Å². The van der Waals surface area contributed by atoms with Crippen LogP contribution in [0.3, 0.4) is 0 Å². The number of rotatable bonds is 3. The smallest absolute Gasteiger partial charge is 0.160 e. The highest BCUT2D eigenvalue weighted by molar-refractivity contribution is 5.71. The molecule has 2 aliphatic heterocycles. The summed E-state index contributed by atoms with van der Waals surface area (Å²) in [5.74, 6) is 1.10. The van der Waals surface area contributed by atoms with E-state index in [-0.39, 0.29) is 0 Å². The van der Waals surface area contributed by atoms with E-state index in [2.05, 4.69) is 9.55 Å². The quantitative estimate of drug-likeness (QED) is 0.870. The largest absolute Gasteiger partial charge is 0.379 e. The van der Waals surface area contributed by atoms with Crippen LogP contribution in [-0.2, 0) is 15.9 Å². The van der Waals surface area contributed by atoms with E-state index in [1.165, 1.54) is 12.8 Å². The van der Waals surface area contributed by atoms with Crippen LogP contribution in [0.15, 0.2) is 18.3 Å². The van der Waals surface area contributed by atoms with Crippen molar-refractivity contribution in [2.45, 2.75) is 44.2 Å². The molecule has 2 unspecified atom stereocenters. The van der Waals surface area contributed by atoms with Gasteiger partial charge in [0.25, 0.3) is 0 Å². The molecule has 2 fully saturated rings. The third kappa shape index (κ3) is 2.56. The van der Waals surface area contributed by atoms with Gasteiger partial charge in [0.2, 0.25) is 0 Å². The van der Waals surface area contributed by atoms with E-state index in [1.54, 1.807) is 0 Å². The van der Waals surface area contributed by atoms with Gasteiger partial charge in [-0.1, -0.05) is 0 Å². The summed E-state index contributed by atoms with van der Waals surface area (Å²) in [7, 11) is 0. The van der Waals surface area contributed by atoms with Gasteiger partial charge in [-0.3, -0.25) is 0 Å². The van der Waals surface area contributed by atoms with Gasteiger partial charge in [-0.2, -0.15) is 0 Å². The highest BCUT2D eigenvalue weighted by Crippen LogP contribution is 2.27. The molecule has 0 spiro atoms. The predicted molar refractivity (Wildman–Crippen MR) is 79.3 cm³/mol. The van der Waals surface area contributed by atoms with Gasteiger partial charge < -0.3 is 14.0 Å². The summed E-state index contributed by atoms with van der Waals surface area (Å²) in [4.78, 5) is 9.36. The Morgan fingerprint density at radius 2 is 2.24 bits per heavy atom. The Kier molecular flexibility index (Phi) is 3.61. The molecule has 2 aliphatic rings. The number of pyridine rings is 1. The summed E-state index contributed by atoms with van der Waals surface area (Å²) in [6, 6.07) is 4.36. The Labute approximate surface area is 124 Å². The molecule has 0 N–H and O–H groups in total. The lowest BCUT2D eigenvalue weighted by Crippen LogP contribution is -2.24. The minimum Gasteiger partial charge on any atom is -0.379 e. The first-order valence-corrected chi connectivity index (χ1v) is 7.93. The van der Waals surface area contributed by atoms with Crippen molar-refractivity contribution in [3.05, 3.63) is 24.2 Å². The first kappa shape index (κ1) is 13.2. The maximum atomic E-state index is 5.89. The van der Waals surface area contributed by atoms with Crippen LogP contribution in [0.5, 0.6) is 0 Å². The molecule has 2 saturated heterocycles. The summed E-state index contributed by atoms with van der Waals surface area (Å²) < 4.78 is 13.7. The molecular formula is C16H21N3O2. The van der Waals surface area contributed by atoms with E-state index < -0.39 is 0 Å². The SMILES string of the molecule is c1cnc2c(c1)nc(CC1CCCCO1)n2C1CCOC1. The zero-order valence-electron chi connectivity index (χ0n) is 12.2. The summed E-state index contributed by atoms with van der Waals surface area (Å²) in [5.41, 5.74) is 1.97. The molecule has 0 bridgehead atoms. The normalized spacial score (nSPS) is 26.5. The zero-order valence-corrected chi connectivity index (χ0v) is 12.2. The fourth-order valence-corrected chi connectivity index (χ4v) is 3.40. The molecule has 0 amide bonds. The van der Waals surface area contributed by atoms with Gasteiger partial charge in [-0.15, -0.1) is 0 Å². The van der Waals surface area contributed by atoms with Crippen molar-refractivity contribution in [3.8, 4) is 0 Å². The van der Waals surface area contributed by atoms with Gasteiger partial charge in [-0.05, 0) is 37.8 Å². The Balaban J connectivity index is 1.70. The Morgan fingerprint density at radius 3 is 3.05 bits per heavy atom. The zero-order chi connectivity index (χ0) is 14.1. The molecule has 5 heteroatoms. The number of ether oxygens (including phenoxy) is 2. The van der Waals surface area contributed by atoms with Crippen LogP contribution >= 0.6 is 0 Å². The molecule has 2 aromatic rings. The van der Waals surface area contributed by atoms with Gasteiger partial charge in [0.05, 0.1) is 18.8 Å². The molecular weight excluding hydrogens is 266 g/mol. The molecule has 21 heavy (non-hydrogen) atoms. The second-order valence-corrected chi connectivity index (χ2v) is 5.95. The number of aromatic nitrogens is 3. The second-order valence-electron chi connectivity index (χ2n) is 5.95. The first-order valence-electron chi connectivity index (χ1n) is 7.93. The number of nitrogens with zero attached hydrogens (tertiary/aromatic N) is 3. The van der Waals surface area contributed by atoms with Crippen molar-refractivity contribution < 1.29 is 9.47 Å². The van der Waals surface area contributed by atoms with E-state index in [0.29, 0.717) is 12.1 Å². The number of hydrogen-bond donors (Lipinski definition) is 0. The highest BCUT2D eigenvalue weighted by Gasteiger charge is 2.26. The average molecular weight is 287 g/mol. The molecule has 4 rings (SSSR count). The van der Waals surface area contributed by atoms with Crippen molar-refractivity contribution in [2.24, 2.45) is 0 Å². The van der Waals surface area contributed by atoms with Crippen LogP contribution in [-0.4, -0.2) is 40.5 Å². The lowest BCUT2D eigenvalue weighted by molar-refractivity contribution is 0.0150. The number of fused-ring (bicyclic) bond motifs is 1. The summed E-state index contributed by atoms with van der Waals surface area (Å²) >= 11 is 0. The second kappa shape index (κ2) is 5.73. The van der Waals surface area contributed by atoms with Crippen LogP contribution < -0.4 is 0 Å². The molecule has 112 valence electrons. The predicted octanol–water partition coefficient (Wildman–Crippen LogP) is 2.50. The fourth-order valence-electron chi connectivity index (χ4n) is 3.40. The van der Waals surface area contributed by atoms with Crippen molar-refractivity contribution in [2.75, 3.05) is 19.8 Å². The molecule has 5 nitrogen and oxygen atoms in total. The van der Waals surface area contributed by atoms with Crippen molar-refractivity contribution >= 4 is 11.2 Å². The lowest BCUT2D eigenvalue weighted by atomic mass is 10.1. The van der Waals surface area contributed by atoms with Crippen LogP contribution in [0.2, 0.25) is 0 Å². The van der Waals surface area contributed by atoms with Gasteiger partial charge in [-0.25, -0.2) is 9.97 Å². The minimum absolute atomic E-state index is 0.302. The number of imidazole rings is 1. The lowest BCUT2D eigenvalue weighted by Gasteiger charge is -2.23. The Hall–Kier alpha value is -1.46. The van der Waals surface area contributed by atoms with Gasteiger partial charge >= 0.3 is 0 Å². The molecule has 4 heterocycles. The van der Waals surface area contributed by atoms with Crippen LogP contribution in [0.4, 0.5) is 0 Å². The van der Waals surface area contributed by atoms with Crippen molar-refractivity contribution in [1.82, 2.24) is 14.5 Å². The van der Waals surface area contributed by atoms with Crippen molar-refractivity contribution in [1.29, 1.82) is 0 Å². The van der Waals surface area contributed by atoms with Crippen LogP contribution in [0.1, 0.15) is 37.5 Å². The summed E-state index contributed by atoms with van der Waals surface area (Å²) in [6.45, 7) is 2.48. The van der Waals surface area contributed by atoms with E-state index >= 15 is 0 Å². The third-order valence-electron chi connectivity index (χ3n) is 4.48. The van der Waals surface area contributed by atoms with Crippen molar-refractivity contribution in [3.63, 3.8) is 0 Å². The average Bonchev–Trinajstić information content (AvgIpc) is 3.14.